The van der Waals surface area contributed by atoms with Crippen LogP contribution in [0.25, 0.3) is 0 Å². The van der Waals surface area contributed by atoms with Gasteiger partial charge in [0, 0.05) is 5.69 Å². The Morgan fingerprint density at radius 3 is 2.64 bits per heavy atom. The van der Waals surface area contributed by atoms with Crippen LogP contribution in [0.1, 0.15) is 48.4 Å². The largest absolute Gasteiger partial charge is 0.465 e. The number of H-pyrrole nitrogens is 1. The molecule has 4 heteroatoms. The molecule has 78 valence electrons. The molecule has 0 saturated heterocycles. The minimum atomic E-state index is -0.306. The highest BCUT2D eigenvalue weighted by Gasteiger charge is 2.21. The molecule has 0 aliphatic rings. The Labute approximate surface area is 83.7 Å². The van der Waals surface area contributed by atoms with Crippen molar-refractivity contribution in [2.45, 2.75) is 33.1 Å². The van der Waals surface area contributed by atoms with Crippen molar-refractivity contribution >= 4 is 5.97 Å². The number of aromatic amines is 1. The predicted molar refractivity (Wildman–Crippen MR) is 53.4 cm³/mol. The molecule has 4 nitrogen and oxygen atoms in total. The fraction of sp³-hybridized carbons (Fsp3) is 0.600. The highest BCUT2D eigenvalue weighted by atomic mass is 16.5. The number of carbonyl (C=O) groups excluding carboxylic acids is 1. The van der Waals surface area contributed by atoms with E-state index in [2.05, 4.69) is 10.2 Å². The van der Waals surface area contributed by atoms with E-state index in [1.807, 2.05) is 20.8 Å². The Bertz CT molecular complexity index is 329. The molecule has 0 spiro atoms. The van der Waals surface area contributed by atoms with Crippen LogP contribution in [-0.4, -0.2) is 23.3 Å². The molecule has 0 saturated carbocycles. The van der Waals surface area contributed by atoms with Gasteiger partial charge in [0.1, 0.15) is 5.56 Å². The molecule has 1 rings (SSSR count). The van der Waals surface area contributed by atoms with Crippen molar-refractivity contribution in [1.29, 1.82) is 0 Å². The molecule has 0 unspecified atom stereocenters. The van der Waals surface area contributed by atoms with Crippen LogP contribution >= 0.6 is 0 Å². The van der Waals surface area contributed by atoms with Crippen LogP contribution in [-0.2, 0) is 11.2 Å². The van der Waals surface area contributed by atoms with Crippen molar-refractivity contribution in [1.82, 2.24) is 10.2 Å². The second-order valence-corrected chi connectivity index (χ2v) is 3.46. The Hall–Kier alpha value is -1.32. The molecule has 0 aliphatic carbocycles. The lowest BCUT2D eigenvalue weighted by Gasteiger charge is -2.04. The predicted octanol–water partition coefficient (Wildman–Crippen LogP) is 1.88. The minimum Gasteiger partial charge on any atom is -0.465 e. The highest BCUT2D eigenvalue weighted by Crippen LogP contribution is 2.20. The fourth-order valence-corrected chi connectivity index (χ4v) is 1.40. The second-order valence-electron chi connectivity index (χ2n) is 3.46. The van der Waals surface area contributed by atoms with E-state index >= 15 is 0 Å². The number of nitrogens with zero attached hydrogens (tertiary/aromatic N) is 1. The summed E-state index contributed by atoms with van der Waals surface area (Å²) in [5.41, 5.74) is 2.24. The zero-order chi connectivity index (χ0) is 10.7. The summed E-state index contributed by atoms with van der Waals surface area (Å²) >= 11 is 0. The maximum atomic E-state index is 11.5. The van der Waals surface area contributed by atoms with Crippen LogP contribution in [0.4, 0.5) is 0 Å². The van der Waals surface area contributed by atoms with Gasteiger partial charge in [-0.25, -0.2) is 4.79 Å². The van der Waals surface area contributed by atoms with Crippen molar-refractivity contribution in [3.63, 3.8) is 0 Å². The molecule has 1 aromatic heterocycles. The molecule has 0 radical (unpaired) electrons. The molecule has 0 atom stereocenters. The van der Waals surface area contributed by atoms with Gasteiger partial charge in [-0.15, -0.1) is 0 Å². The van der Waals surface area contributed by atoms with E-state index < -0.39 is 0 Å². The Balaban J connectivity index is 3.19. The number of rotatable bonds is 3. The smallest absolute Gasteiger partial charge is 0.341 e. The van der Waals surface area contributed by atoms with Gasteiger partial charge in [0.05, 0.1) is 12.8 Å². The van der Waals surface area contributed by atoms with E-state index in [4.69, 9.17) is 4.74 Å². The molecule has 0 aromatic carbocycles. The van der Waals surface area contributed by atoms with Crippen LogP contribution in [0.15, 0.2) is 0 Å². The summed E-state index contributed by atoms with van der Waals surface area (Å²) in [6.45, 7) is 5.98. The van der Waals surface area contributed by atoms with Gasteiger partial charge in [0.25, 0.3) is 0 Å². The number of esters is 1. The lowest BCUT2D eigenvalue weighted by Crippen LogP contribution is -2.07. The highest BCUT2D eigenvalue weighted by molar-refractivity contribution is 5.92. The van der Waals surface area contributed by atoms with Crippen LogP contribution in [0.2, 0.25) is 0 Å². The molecule has 0 fully saturated rings. The lowest BCUT2D eigenvalue weighted by molar-refractivity contribution is 0.0598. The normalized spacial score (nSPS) is 10.6. The summed E-state index contributed by atoms with van der Waals surface area (Å²) in [6.07, 6.45) is 0.754. The van der Waals surface area contributed by atoms with Gasteiger partial charge in [-0.1, -0.05) is 20.8 Å². The quantitative estimate of drug-likeness (QED) is 0.751. The van der Waals surface area contributed by atoms with Crippen LogP contribution in [0, 0.1) is 0 Å². The van der Waals surface area contributed by atoms with Gasteiger partial charge >= 0.3 is 5.97 Å². The number of aromatic nitrogens is 2. The Morgan fingerprint density at radius 1 is 1.57 bits per heavy atom. The van der Waals surface area contributed by atoms with Gasteiger partial charge in [0.15, 0.2) is 0 Å². The van der Waals surface area contributed by atoms with E-state index in [1.54, 1.807) is 0 Å². The first kappa shape index (κ1) is 10.8. The zero-order valence-electron chi connectivity index (χ0n) is 9.05. The summed E-state index contributed by atoms with van der Waals surface area (Å²) in [4.78, 5) is 11.5. The first-order valence-electron chi connectivity index (χ1n) is 4.77. The average Bonchev–Trinajstić information content (AvgIpc) is 2.59. The maximum Gasteiger partial charge on any atom is 0.341 e. The number of hydrogen-bond acceptors (Lipinski definition) is 3. The van der Waals surface area contributed by atoms with Gasteiger partial charge in [-0.2, -0.15) is 5.10 Å². The van der Waals surface area contributed by atoms with Gasteiger partial charge in [0.2, 0.25) is 0 Å². The van der Waals surface area contributed by atoms with E-state index in [1.165, 1.54) is 7.11 Å². The van der Waals surface area contributed by atoms with E-state index in [-0.39, 0.29) is 11.9 Å². The minimum absolute atomic E-state index is 0.223. The Kier molecular flexibility index (Phi) is 3.28. The summed E-state index contributed by atoms with van der Waals surface area (Å²) < 4.78 is 4.73. The molecular formula is C10H16N2O2. The number of aryl methyl sites for hydroxylation is 1. The van der Waals surface area contributed by atoms with Crippen molar-refractivity contribution in [2.24, 2.45) is 0 Å². The molecule has 0 bridgehead atoms. The third kappa shape index (κ3) is 1.78. The van der Waals surface area contributed by atoms with Crippen LogP contribution in [0.3, 0.4) is 0 Å². The summed E-state index contributed by atoms with van der Waals surface area (Å²) in [6, 6.07) is 0. The summed E-state index contributed by atoms with van der Waals surface area (Å²) in [5.74, 6) is -0.0834. The van der Waals surface area contributed by atoms with Crippen LogP contribution < -0.4 is 0 Å². The van der Waals surface area contributed by atoms with Crippen molar-refractivity contribution in [3.05, 3.63) is 17.0 Å². The van der Waals surface area contributed by atoms with E-state index in [9.17, 15) is 4.79 Å². The number of carbonyl (C=O) groups is 1. The average molecular weight is 196 g/mol. The van der Waals surface area contributed by atoms with Crippen LogP contribution in [0.5, 0.6) is 0 Å². The zero-order valence-corrected chi connectivity index (χ0v) is 9.05. The summed E-state index contributed by atoms with van der Waals surface area (Å²) in [7, 11) is 1.39. The number of ether oxygens (including phenoxy) is 1. The van der Waals surface area contributed by atoms with E-state index in [0.29, 0.717) is 5.56 Å². The number of nitrogens with one attached hydrogen (secondary N) is 1. The third-order valence-electron chi connectivity index (χ3n) is 2.16. The third-order valence-corrected chi connectivity index (χ3v) is 2.16. The first-order chi connectivity index (χ1) is 6.61. The molecule has 1 N–H and O–H groups in total. The molecule has 14 heavy (non-hydrogen) atoms. The molecule has 1 aromatic rings. The van der Waals surface area contributed by atoms with Gasteiger partial charge in [-0.3, -0.25) is 5.10 Å². The number of methoxy groups -OCH3 is 1. The first-order valence-corrected chi connectivity index (χ1v) is 4.77. The monoisotopic (exact) mass is 196 g/mol. The lowest BCUT2D eigenvalue weighted by atomic mass is 10.0. The van der Waals surface area contributed by atoms with E-state index in [0.717, 1.165) is 17.8 Å². The van der Waals surface area contributed by atoms with Crippen molar-refractivity contribution < 1.29 is 9.53 Å². The van der Waals surface area contributed by atoms with Crippen molar-refractivity contribution in [2.75, 3.05) is 7.11 Å². The number of hydrogen-bond donors (Lipinski definition) is 1. The standard InChI is InChI=1S/C10H16N2O2/c1-5-7-8(10(13)14-4)9(6(2)3)12-11-7/h6H,5H2,1-4H3,(H,11,12). The SMILES string of the molecule is CCc1[nH]nc(C(C)C)c1C(=O)OC. The maximum absolute atomic E-state index is 11.5. The van der Waals surface area contributed by atoms with Gasteiger partial charge < -0.3 is 4.74 Å². The molecule has 1 heterocycles. The van der Waals surface area contributed by atoms with Crippen molar-refractivity contribution in [3.8, 4) is 0 Å². The van der Waals surface area contributed by atoms with Gasteiger partial charge in [-0.05, 0) is 12.3 Å². The second kappa shape index (κ2) is 4.26. The summed E-state index contributed by atoms with van der Waals surface area (Å²) in [5, 5.41) is 7.00. The topological polar surface area (TPSA) is 55.0 Å². The molecular weight excluding hydrogens is 180 g/mol. The Morgan fingerprint density at radius 2 is 2.21 bits per heavy atom. The molecule has 0 amide bonds. The fourth-order valence-electron chi connectivity index (χ4n) is 1.40. The molecule has 0 aliphatic heterocycles.